The van der Waals surface area contributed by atoms with Crippen molar-refractivity contribution in [3.05, 3.63) is 101 Å². The molecule has 5 atom stereocenters. The average molecular weight is 1130 g/mol. The van der Waals surface area contributed by atoms with Gasteiger partial charge in [-0.25, -0.2) is 15.0 Å². The van der Waals surface area contributed by atoms with Crippen LogP contribution in [-0.4, -0.2) is 116 Å². The summed E-state index contributed by atoms with van der Waals surface area (Å²) in [7, 11) is -0.816. The molecule has 0 radical (unpaired) electrons. The maximum absolute atomic E-state index is 15.0. The van der Waals surface area contributed by atoms with Crippen molar-refractivity contribution in [3.8, 4) is 28.1 Å². The molecule has 3 aliphatic heterocycles. The van der Waals surface area contributed by atoms with E-state index >= 15 is 4.79 Å². The van der Waals surface area contributed by atoms with Crippen LogP contribution in [0.4, 0.5) is 15.3 Å². The third-order valence-corrected chi connectivity index (χ3v) is 23.1. The Labute approximate surface area is 480 Å². The van der Waals surface area contributed by atoms with E-state index in [1.165, 1.54) is 5.01 Å². The van der Waals surface area contributed by atoms with E-state index < -0.39 is 43.5 Å². The number of fused-ring (bicyclic) bond motifs is 8. The SMILES string of the molecule is CCn1c(-c2cc(N3CCN(C(=O)OCc4ccccc4)CC3)cnc2[C@H](C)OC)c2c3cc(ccc31)-c1cc(cc(O[Si](C(C)C)(C(C)C)C(C)C)c1)C[C@H](NC(=O)OC(C)(C)C)C(=O)N1CC3CC3[C@H](N1)C(=O)OCC(C)(C)C2. The lowest BCUT2D eigenvalue weighted by atomic mass is 9.84. The number of alkyl carbamates (subject to hydrolysis) is 1. The molecular weight excluding hydrogens is 1040 g/mol. The summed E-state index contributed by atoms with van der Waals surface area (Å²) in [5.41, 5.74) is 12.1. The van der Waals surface area contributed by atoms with Gasteiger partial charge in [-0.05, 0) is 134 Å². The number of rotatable bonds is 13. The fourth-order valence-electron chi connectivity index (χ4n) is 13.0. The Bertz CT molecular complexity index is 3090. The number of hydrogen-bond acceptors (Lipinski definition) is 12. The first-order valence-electron chi connectivity index (χ1n) is 29.4. The zero-order valence-corrected chi connectivity index (χ0v) is 51.3. The highest BCUT2D eigenvalue weighted by atomic mass is 28.4. The Kier molecular flexibility index (Phi) is 17.4. The van der Waals surface area contributed by atoms with Gasteiger partial charge in [0.05, 0.1) is 36.0 Å². The zero-order valence-electron chi connectivity index (χ0n) is 50.3. The number of aromatic nitrogens is 2. The van der Waals surface area contributed by atoms with Crippen LogP contribution in [0.2, 0.25) is 16.6 Å². The van der Waals surface area contributed by atoms with Crippen LogP contribution in [0.25, 0.3) is 33.3 Å². The summed E-state index contributed by atoms with van der Waals surface area (Å²) in [4.78, 5) is 65.7. The quantitative estimate of drug-likeness (QED) is 0.0652. The Morgan fingerprint density at radius 3 is 2.26 bits per heavy atom. The molecule has 4 aliphatic rings. The smallest absolute Gasteiger partial charge is 0.410 e. The minimum absolute atomic E-state index is 0.0150. The number of piperazine rings is 1. The normalized spacial score (nSPS) is 20.9. The number of carbonyl (C=O) groups excluding carboxylic acids is 4. The minimum Gasteiger partial charge on any atom is -0.543 e. The number of aryl methyl sites for hydroxylation is 1. The van der Waals surface area contributed by atoms with E-state index in [1.54, 1.807) is 32.8 Å². The molecule has 1 aliphatic carbocycles. The monoisotopic (exact) mass is 1130 g/mol. The Morgan fingerprint density at radius 2 is 1.60 bits per heavy atom. The third kappa shape index (κ3) is 12.8. The van der Waals surface area contributed by atoms with E-state index in [0.717, 1.165) is 73.5 Å². The Balaban J connectivity index is 1.19. The Hall–Kier alpha value is -6.43. The molecule has 3 aromatic carbocycles. The van der Waals surface area contributed by atoms with E-state index in [2.05, 4.69) is 119 Å². The first kappa shape index (κ1) is 59.2. The highest BCUT2D eigenvalue weighted by molar-refractivity contribution is 6.78. The second kappa shape index (κ2) is 23.8. The summed E-state index contributed by atoms with van der Waals surface area (Å²) in [6.07, 6.45) is 1.94. The van der Waals surface area contributed by atoms with Crippen LogP contribution in [-0.2, 0) is 54.5 Å². The maximum Gasteiger partial charge on any atom is 0.410 e. The second-order valence-electron chi connectivity index (χ2n) is 25.7. The summed E-state index contributed by atoms with van der Waals surface area (Å²) in [6.45, 7) is 31.0. The summed E-state index contributed by atoms with van der Waals surface area (Å²) in [6, 6.07) is 23.1. The molecule has 5 heterocycles. The number of ether oxygens (including phenoxy) is 4. The summed E-state index contributed by atoms with van der Waals surface area (Å²) in [5.74, 6) is 0.0642. The van der Waals surface area contributed by atoms with E-state index in [1.807, 2.05) is 49.5 Å². The number of nitrogens with one attached hydrogen (secondary N) is 2. The largest absolute Gasteiger partial charge is 0.543 e. The van der Waals surface area contributed by atoms with Crippen LogP contribution >= 0.6 is 0 Å². The van der Waals surface area contributed by atoms with Crippen molar-refractivity contribution in [1.82, 2.24) is 30.2 Å². The van der Waals surface area contributed by atoms with Gasteiger partial charge >= 0.3 is 18.2 Å². The minimum atomic E-state index is -2.52. The molecule has 1 saturated carbocycles. The fraction of sp³-hybridized carbons (Fsp3) is 0.547. The average Bonchev–Trinajstić information content (AvgIpc) is 4.31. The predicted molar refractivity (Wildman–Crippen MR) is 319 cm³/mol. The highest BCUT2D eigenvalue weighted by Crippen LogP contribution is 2.48. The van der Waals surface area contributed by atoms with Crippen molar-refractivity contribution in [1.29, 1.82) is 0 Å². The first-order chi connectivity index (χ1) is 38.4. The number of hydrogen-bond donors (Lipinski definition) is 2. The number of hydrazine groups is 1. The second-order valence-corrected chi connectivity index (χ2v) is 31.0. The molecule has 17 heteroatoms. The van der Waals surface area contributed by atoms with E-state index in [0.29, 0.717) is 45.7 Å². The number of methoxy groups -OCH3 is 1. The molecule has 2 saturated heterocycles. The van der Waals surface area contributed by atoms with Gasteiger partial charge in [0, 0.05) is 74.7 Å². The lowest BCUT2D eigenvalue weighted by molar-refractivity contribution is -0.155. The van der Waals surface area contributed by atoms with Gasteiger partial charge in [-0.2, -0.15) is 0 Å². The number of pyridine rings is 1. The standard InChI is InChI=1S/C64H87N7O9Si/c1-15-70-55-22-21-45-31-51(55)53(58(70)52-33-48(35-65-56(52)42(8)76-14)68-23-25-69(26-24-68)62(75)77-37-43-19-17-16-18-20-43)34-64(12,13)38-78-60(73)57-50-32-47(50)36-71(67-57)59(72)54(66-61(74)79-63(9,10)11)29-44-27-46(45)30-49(28-44)80-81(39(2)3,40(4)5)41(6)7/h16-22,27-28,30-31,33,35,39-42,47,50,54,57,67H,15,23-26,29,32,34,36-38H2,1-14H3,(H,66,74)/t42-,47?,50?,54-,57-/m0/s1. The molecule has 2 N–H and O–H groups in total. The van der Waals surface area contributed by atoms with Gasteiger partial charge in [0.25, 0.3) is 14.2 Å². The molecule has 3 amide bonds. The molecule has 0 spiro atoms. The van der Waals surface area contributed by atoms with Crippen LogP contribution in [0.5, 0.6) is 5.75 Å². The van der Waals surface area contributed by atoms with Gasteiger partial charge in [-0.1, -0.05) is 97.9 Å². The van der Waals surface area contributed by atoms with Gasteiger partial charge in [0.2, 0.25) is 0 Å². The molecular formula is C64H87N7O9Si. The van der Waals surface area contributed by atoms with Gasteiger partial charge in [0.15, 0.2) is 0 Å². The van der Waals surface area contributed by atoms with Crippen LogP contribution in [0.15, 0.2) is 79.0 Å². The summed E-state index contributed by atoms with van der Waals surface area (Å²) < 4.78 is 33.8. The first-order valence-corrected chi connectivity index (χ1v) is 31.5. The summed E-state index contributed by atoms with van der Waals surface area (Å²) in [5, 5.41) is 5.52. The number of amides is 3. The summed E-state index contributed by atoms with van der Waals surface area (Å²) >= 11 is 0. The maximum atomic E-state index is 15.0. The highest BCUT2D eigenvalue weighted by Gasteiger charge is 2.53. The van der Waals surface area contributed by atoms with Crippen molar-refractivity contribution in [3.63, 3.8) is 0 Å². The van der Waals surface area contributed by atoms with Crippen LogP contribution in [0, 0.1) is 17.3 Å². The third-order valence-electron chi connectivity index (χ3n) is 17.1. The van der Waals surface area contributed by atoms with Gasteiger partial charge in [0.1, 0.15) is 30.0 Å². The van der Waals surface area contributed by atoms with Crippen molar-refractivity contribution >= 4 is 49.0 Å². The number of carbonyl (C=O) groups is 4. The fourth-order valence-corrected chi connectivity index (χ4v) is 18.2. The van der Waals surface area contributed by atoms with E-state index in [-0.39, 0.29) is 66.2 Å². The molecule has 81 heavy (non-hydrogen) atoms. The van der Waals surface area contributed by atoms with Gasteiger partial charge < -0.3 is 43.1 Å². The molecule has 3 fully saturated rings. The topological polar surface area (TPSA) is 166 Å². The number of benzene rings is 3. The Morgan fingerprint density at radius 1 is 0.901 bits per heavy atom. The zero-order chi connectivity index (χ0) is 58.3. The van der Waals surface area contributed by atoms with Gasteiger partial charge in [-0.3, -0.25) is 19.6 Å². The lowest BCUT2D eigenvalue weighted by Gasteiger charge is -2.42. The van der Waals surface area contributed by atoms with Crippen LogP contribution in [0.3, 0.4) is 0 Å². The molecule has 9 rings (SSSR count). The predicted octanol–water partition coefficient (Wildman–Crippen LogP) is 12.0. The number of cyclic esters (lactones) is 1. The molecule has 16 nitrogen and oxygen atoms in total. The molecule has 6 bridgehead atoms. The molecule has 2 aromatic heterocycles. The van der Waals surface area contributed by atoms with E-state index in [9.17, 15) is 14.4 Å². The molecule has 436 valence electrons. The van der Waals surface area contributed by atoms with Crippen LogP contribution in [0.1, 0.15) is 125 Å². The lowest BCUT2D eigenvalue weighted by Crippen LogP contribution is -2.61. The van der Waals surface area contributed by atoms with Crippen molar-refractivity contribution < 1.29 is 42.6 Å². The number of esters is 1. The van der Waals surface area contributed by atoms with Crippen molar-refractivity contribution in [2.45, 2.75) is 163 Å². The number of anilines is 1. The van der Waals surface area contributed by atoms with Gasteiger partial charge in [-0.15, -0.1) is 0 Å². The van der Waals surface area contributed by atoms with Crippen LogP contribution < -0.4 is 20.1 Å². The van der Waals surface area contributed by atoms with Crippen molar-refractivity contribution in [2.75, 3.05) is 51.3 Å². The van der Waals surface area contributed by atoms with E-state index in [4.69, 9.17) is 28.4 Å². The molecule has 5 aromatic rings. The molecule has 2 unspecified atom stereocenters. The number of nitrogens with zero attached hydrogens (tertiary/aromatic N) is 5. The van der Waals surface area contributed by atoms with Crippen molar-refractivity contribution in [2.24, 2.45) is 17.3 Å².